The molecule has 0 aliphatic carbocycles. The van der Waals surface area contributed by atoms with E-state index < -0.39 is 9.84 Å². The minimum atomic E-state index is -3.89. The van der Waals surface area contributed by atoms with E-state index in [9.17, 15) is 8.42 Å². The number of halogens is 1. The molecule has 0 saturated carbocycles. The van der Waals surface area contributed by atoms with Crippen molar-refractivity contribution in [2.45, 2.75) is 23.4 Å². The summed E-state index contributed by atoms with van der Waals surface area (Å²) in [6.45, 7) is 2.37. The molecular weight excluding hydrogens is 432 g/mol. The lowest BCUT2D eigenvalue weighted by Gasteiger charge is -2.17. The zero-order valence-electron chi connectivity index (χ0n) is 17.1. The SMILES string of the molecule is Cc1ccc(S(=O)(=O)c2nc(-c3ccc(Cl)cc3)oc2N(C)Cc2ccccc2)cc1. The van der Waals surface area contributed by atoms with Crippen LogP contribution in [0.5, 0.6) is 0 Å². The quantitative estimate of drug-likeness (QED) is 0.371. The molecule has 0 amide bonds. The Morgan fingerprint density at radius 3 is 2.23 bits per heavy atom. The molecule has 0 aliphatic heterocycles. The van der Waals surface area contributed by atoms with Crippen LogP contribution in [0.4, 0.5) is 5.88 Å². The van der Waals surface area contributed by atoms with Gasteiger partial charge in [-0.15, -0.1) is 0 Å². The zero-order valence-corrected chi connectivity index (χ0v) is 18.7. The molecule has 5 nitrogen and oxygen atoms in total. The van der Waals surface area contributed by atoms with E-state index in [1.54, 1.807) is 60.5 Å². The molecule has 7 heteroatoms. The van der Waals surface area contributed by atoms with Crippen LogP contribution in [0.2, 0.25) is 5.02 Å². The van der Waals surface area contributed by atoms with Crippen LogP contribution in [0.15, 0.2) is 93.2 Å². The lowest BCUT2D eigenvalue weighted by molar-refractivity contribution is 0.554. The fourth-order valence-corrected chi connectivity index (χ4v) is 4.66. The van der Waals surface area contributed by atoms with Crippen LogP contribution in [0.3, 0.4) is 0 Å². The highest BCUT2D eigenvalue weighted by Crippen LogP contribution is 2.35. The van der Waals surface area contributed by atoms with Gasteiger partial charge in [-0.2, -0.15) is 4.98 Å². The molecule has 31 heavy (non-hydrogen) atoms. The second-order valence-electron chi connectivity index (χ2n) is 7.29. The van der Waals surface area contributed by atoms with Gasteiger partial charge >= 0.3 is 0 Å². The van der Waals surface area contributed by atoms with Crippen molar-refractivity contribution in [2.75, 3.05) is 11.9 Å². The van der Waals surface area contributed by atoms with Crippen LogP contribution in [-0.4, -0.2) is 20.4 Å². The van der Waals surface area contributed by atoms with Gasteiger partial charge in [0.2, 0.25) is 26.6 Å². The number of oxazole rings is 1. The Labute approximate surface area is 186 Å². The minimum Gasteiger partial charge on any atom is -0.419 e. The van der Waals surface area contributed by atoms with E-state index in [-0.39, 0.29) is 21.7 Å². The predicted molar refractivity (Wildman–Crippen MR) is 122 cm³/mol. The largest absolute Gasteiger partial charge is 0.419 e. The van der Waals surface area contributed by atoms with Gasteiger partial charge in [0, 0.05) is 24.2 Å². The predicted octanol–water partition coefficient (Wildman–Crippen LogP) is 5.77. The molecule has 1 aromatic heterocycles. The van der Waals surface area contributed by atoms with Crippen LogP contribution >= 0.6 is 11.6 Å². The Hall–Kier alpha value is -3.09. The third kappa shape index (κ3) is 4.50. The Bertz CT molecular complexity index is 1280. The number of benzene rings is 3. The number of rotatable bonds is 6. The molecule has 0 radical (unpaired) electrons. The van der Waals surface area contributed by atoms with E-state index in [1.165, 1.54) is 0 Å². The average molecular weight is 453 g/mol. The first kappa shape index (κ1) is 21.2. The van der Waals surface area contributed by atoms with Crippen LogP contribution in [0.1, 0.15) is 11.1 Å². The molecule has 0 aliphatic rings. The van der Waals surface area contributed by atoms with E-state index in [1.807, 2.05) is 37.3 Å². The molecule has 0 saturated heterocycles. The van der Waals surface area contributed by atoms with Gasteiger partial charge in [-0.1, -0.05) is 59.6 Å². The van der Waals surface area contributed by atoms with Gasteiger partial charge in [0.25, 0.3) is 0 Å². The standard InChI is InChI=1S/C24H21ClN2O3S/c1-17-8-14-21(15-9-17)31(28,29)23-24(27(2)16-18-6-4-3-5-7-18)30-22(26-23)19-10-12-20(25)13-11-19/h3-15H,16H2,1-2H3. The van der Waals surface area contributed by atoms with Gasteiger partial charge < -0.3 is 9.32 Å². The van der Waals surface area contributed by atoms with E-state index in [0.29, 0.717) is 17.1 Å². The number of nitrogens with zero attached hydrogens (tertiary/aromatic N) is 2. The van der Waals surface area contributed by atoms with E-state index >= 15 is 0 Å². The summed E-state index contributed by atoms with van der Waals surface area (Å²) in [5.41, 5.74) is 2.64. The summed E-state index contributed by atoms with van der Waals surface area (Å²) in [6.07, 6.45) is 0. The highest BCUT2D eigenvalue weighted by Gasteiger charge is 2.30. The van der Waals surface area contributed by atoms with Crippen molar-refractivity contribution in [1.82, 2.24) is 4.98 Å². The van der Waals surface area contributed by atoms with Gasteiger partial charge in [-0.3, -0.25) is 0 Å². The molecular formula is C24H21ClN2O3S. The first-order chi connectivity index (χ1) is 14.8. The fourth-order valence-electron chi connectivity index (χ4n) is 3.19. The summed E-state index contributed by atoms with van der Waals surface area (Å²) in [5, 5.41) is 0.462. The maximum Gasteiger partial charge on any atom is 0.236 e. The number of anilines is 1. The molecule has 0 atom stereocenters. The second-order valence-corrected chi connectivity index (χ2v) is 9.60. The lowest BCUT2D eigenvalue weighted by Crippen LogP contribution is -2.18. The third-order valence-electron chi connectivity index (χ3n) is 4.87. The van der Waals surface area contributed by atoms with Crippen molar-refractivity contribution in [1.29, 1.82) is 0 Å². The smallest absolute Gasteiger partial charge is 0.236 e. The monoisotopic (exact) mass is 452 g/mol. The first-order valence-electron chi connectivity index (χ1n) is 9.68. The molecule has 1 heterocycles. The van der Waals surface area contributed by atoms with Gasteiger partial charge in [-0.25, -0.2) is 8.42 Å². The molecule has 0 spiro atoms. The molecule has 0 unspecified atom stereocenters. The van der Waals surface area contributed by atoms with Gasteiger partial charge in [0.05, 0.1) is 4.90 Å². The Morgan fingerprint density at radius 2 is 1.58 bits per heavy atom. The van der Waals surface area contributed by atoms with Crippen LogP contribution in [0.25, 0.3) is 11.5 Å². The average Bonchev–Trinajstić information content (AvgIpc) is 3.22. The molecule has 4 rings (SSSR count). The number of hydrogen-bond acceptors (Lipinski definition) is 5. The molecule has 3 aromatic carbocycles. The first-order valence-corrected chi connectivity index (χ1v) is 11.5. The zero-order chi connectivity index (χ0) is 22.0. The van der Waals surface area contributed by atoms with E-state index in [4.69, 9.17) is 16.0 Å². The van der Waals surface area contributed by atoms with Crippen molar-refractivity contribution in [2.24, 2.45) is 0 Å². The van der Waals surface area contributed by atoms with Crippen LogP contribution in [0, 0.1) is 6.92 Å². The Morgan fingerprint density at radius 1 is 0.935 bits per heavy atom. The molecule has 158 valence electrons. The van der Waals surface area contributed by atoms with Crippen LogP contribution < -0.4 is 4.90 Å². The lowest BCUT2D eigenvalue weighted by atomic mass is 10.2. The number of hydrogen-bond donors (Lipinski definition) is 0. The molecule has 4 aromatic rings. The highest BCUT2D eigenvalue weighted by atomic mass is 35.5. The fraction of sp³-hybridized carbons (Fsp3) is 0.125. The van der Waals surface area contributed by atoms with Crippen molar-refractivity contribution in [3.63, 3.8) is 0 Å². The minimum absolute atomic E-state index is 0.111. The van der Waals surface area contributed by atoms with E-state index in [2.05, 4.69) is 4.98 Å². The summed E-state index contributed by atoms with van der Waals surface area (Å²) < 4.78 is 32.9. The van der Waals surface area contributed by atoms with Gasteiger partial charge in [0.1, 0.15) is 0 Å². The van der Waals surface area contributed by atoms with Crippen molar-refractivity contribution < 1.29 is 12.8 Å². The normalized spacial score (nSPS) is 11.5. The summed E-state index contributed by atoms with van der Waals surface area (Å²) in [6, 6.07) is 23.4. The molecule has 0 fully saturated rings. The number of aryl methyl sites for hydroxylation is 1. The summed E-state index contributed by atoms with van der Waals surface area (Å²) in [5.74, 6) is 0.409. The highest BCUT2D eigenvalue weighted by molar-refractivity contribution is 7.91. The summed E-state index contributed by atoms with van der Waals surface area (Å²) in [7, 11) is -2.11. The van der Waals surface area contributed by atoms with Crippen molar-refractivity contribution >= 4 is 27.3 Å². The van der Waals surface area contributed by atoms with Crippen molar-refractivity contribution in [3.05, 3.63) is 95.0 Å². The van der Waals surface area contributed by atoms with Gasteiger partial charge in [0.15, 0.2) is 0 Å². The van der Waals surface area contributed by atoms with Gasteiger partial charge in [-0.05, 0) is 48.9 Å². The Kier molecular flexibility index (Phi) is 5.85. The molecule has 0 bridgehead atoms. The second kappa shape index (κ2) is 8.57. The van der Waals surface area contributed by atoms with E-state index in [0.717, 1.165) is 11.1 Å². The molecule has 0 N–H and O–H groups in total. The van der Waals surface area contributed by atoms with Crippen molar-refractivity contribution in [3.8, 4) is 11.5 Å². The third-order valence-corrected chi connectivity index (χ3v) is 6.79. The number of aromatic nitrogens is 1. The number of sulfone groups is 1. The Balaban J connectivity index is 1.81. The summed E-state index contributed by atoms with van der Waals surface area (Å²) >= 11 is 5.99. The topological polar surface area (TPSA) is 63.4 Å². The van der Waals surface area contributed by atoms with Crippen LogP contribution in [-0.2, 0) is 16.4 Å². The maximum absolute atomic E-state index is 13.5. The maximum atomic E-state index is 13.5. The summed E-state index contributed by atoms with van der Waals surface area (Å²) in [4.78, 5) is 6.33.